The molecule has 0 aliphatic rings. The maximum atomic E-state index is 8.57. The maximum absolute atomic E-state index is 8.57. The van der Waals surface area contributed by atoms with Gasteiger partial charge < -0.3 is 0 Å². The van der Waals surface area contributed by atoms with Crippen molar-refractivity contribution in [1.29, 1.82) is 5.26 Å². The van der Waals surface area contributed by atoms with Crippen molar-refractivity contribution < 1.29 is 0 Å². The largest absolute Gasteiger partial charge is 0.229 e. The van der Waals surface area contributed by atoms with Crippen molar-refractivity contribution in [2.24, 2.45) is 0 Å². The normalized spacial score (nSPS) is 8.31. The van der Waals surface area contributed by atoms with Crippen molar-refractivity contribution in [3.8, 4) is 17.9 Å². The lowest BCUT2D eigenvalue weighted by molar-refractivity contribution is 1.23. The molecule has 2 nitrogen and oxygen atoms in total. The molecule has 0 fully saturated rings. The third-order valence-corrected chi connectivity index (χ3v) is 1.70. The number of hydrogen-bond acceptors (Lipinski definition) is 2. The smallest absolute Gasteiger partial charge is 0.141 e. The number of halogens is 1. The van der Waals surface area contributed by atoms with Crippen molar-refractivity contribution >= 4 is 15.9 Å². The highest BCUT2D eigenvalue weighted by molar-refractivity contribution is 9.09. The molecule has 0 saturated carbocycles. The van der Waals surface area contributed by atoms with E-state index in [-0.39, 0.29) is 0 Å². The molecule has 1 rings (SSSR count). The first-order valence-electron chi connectivity index (χ1n) is 3.79. The Bertz CT molecular complexity index is 382. The van der Waals surface area contributed by atoms with Crippen LogP contribution in [-0.2, 0) is 0 Å². The quantitative estimate of drug-likeness (QED) is 0.552. The van der Waals surface area contributed by atoms with E-state index in [9.17, 15) is 0 Å². The molecule has 0 radical (unpaired) electrons. The minimum Gasteiger partial charge on any atom is -0.229 e. The van der Waals surface area contributed by atoms with Crippen LogP contribution in [0.25, 0.3) is 0 Å². The Morgan fingerprint density at radius 1 is 1.38 bits per heavy atom. The second-order valence-electron chi connectivity index (χ2n) is 2.26. The molecule has 0 spiro atoms. The highest BCUT2D eigenvalue weighted by Gasteiger charge is 1.91. The van der Waals surface area contributed by atoms with Crippen LogP contribution >= 0.6 is 15.9 Å². The lowest BCUT2D eigenvalue weighted by Crippen LogP contribution is -1.85. The molecule has 0 bridgehead atoms. The molecule has 1 aromatic rings. The Balaban J connectivity index is 2.81. The van der Waals surface area contributed by atoms with Crippen LogP contribution in [0.3, 0.4) is 0 Å². The van der Waals surface area contributed by atoms with Gasteiger partial charge in [-0.3, -0.25) is 0 Å². The molecule has 0 aliphatic carbocycles. The summed E-state index contributed by atoms with van der Waals surface area (Å²) in [5.74, 6) is 5.81. The van der Waals surface area contributed by atoms with Gasteiger partial charge in [0.2, 0.25) is 0 Å². The van der Waals surface area contributed by atoms with Crippen LogP contribution in [0.15, 0.2) is 18.2 Å². The minimum absolute atomic E-state index is 0.408. The standard InChI is InChI=1S/C10H7BrN2/c11-7-2-1-4-9-5-3-6-10(8-12)13-9/h3,5-6H,2,7H2. The van der Waals surface area contributed by atoms with Crippen molar-refractivity contribution in [2.75, 3.05) is 5.33 Å². The van der Waals surface area contributed by atoms with E-state index < -0.39 is 0 Å². The van der Waals surface area contributed by atoms with E-state index in [1.807, 2.05) is 6.07 Å². The zero-order valence-corrected chi connectivity index (χ0v) is 8.50. The van der Waals surface area contributed by atoms with E-state index in [2.05, 4.69) is 32.8 Å². The maximum Gasteiger partial charge on any atom is 0.141 e. The van der Waals surface area contributed by atoms with Crippen molar-refractivity contribution in [3.05, 3.63) is 29.6 Å². The highest BCUT2D eigenvalue weighted by atomic mass is 79.9. The number of nitrogens with zero attached hydrogens (tertiary/aromatic N) is 2. The van der Waals surface area contributed by atoms with Crippen LogP contribution in [0.5, 0.6) is 0 Å². The predicted molar refractivity (Wildman–Crippen MR) is 54.2 cm³/mol. The molecule has 1 aromatic heterocycles. The number of rotatable bonds is 1. The minimum atomic E-state index is 0.408. The summed E-state index contributed by atoms with van der Waals surface area (Å²) in [6, 6.07) is 7.21. The number of aromatic nitrogens is 1. The van der Waals surface area contributed by atoms with E-state index in [4.69, 9.17) is 5.26 Å². The number of nitriles is 1. The second kappa shape index (κ2) is 5.35. The Morgan fingerprint density at radius 3 is 2.85 bits per heavy atom. The summed E-state index contributed by atoms with van der Waals surface area (Å²) in [7, 11) is 0. The van der Waals surface area contributed by atoms with Gasteiger partial charge in [-0.25, -0.2) is 4.98 Å². The zero-order chi connectivity index (χ0) is 9.52. The molecular weight excluding hydrogens is 228 g/mol. The van der Waals surface area contributed by atoms with Crippen LogP contribution in [0.1, 0.15) is 17.8 Å². The highest BCUT2D eigenvalue weighted by Crippen LogP contribution is 1.96. The molecule has 0 unspecified atom stereocenters. The fraction of sp³-hybridized carbons (Fsp3) is 0.200. The summed E-state index contributed by atoms with van der Waals surface area (Å²) >= 11 is 3.28. The Kier molecular flexibility index (Phi) is 4.02. The van der Waals surface area contributed by atoms with Gasteiger partial charge in [-0.15, -0.1) is 0 Å². The average molecular weight is 235 g/mol. The molecule has 0 N–H and O–H groups in total. The summed E-state index contributed by atoms with van der Waals surface area (Å²) in [5.41, 5.74) is 1.06. The molecule has 0 aromatic carbocycles. The molecule has 1 heterocycles. The van der Waals surface area contributed by atoms with Crippen LogP contribution in [-0.4, -0.2) is 10.3 Å². The van der Waals surface area contributed by atoms with E-state index in [1.165, 1.54) is 0 Å². The number of hydrogen-bond donors (Lipinski definition) is 0. The van der Waals surface area contributed by atoms with E-state index in [0.717, 1.165) is 11.8 Å². The number of alkyl halides is 1. The fourth-order valence-electron chi connectivity index (χ4n) is 0.767. The Morgan fingerprint density at radius 2 is 2.15 bits per heavy atom. The summed E-state index contributed by atoms with van der Waals surface area (Å²) < 4.78 is 0. The monoisotopic (exact) mass is 234 g/mol. The number of pyridine rings is 1. The third-order valence-electron chi connectivity index (χ3n) is 1.30. The van der Waals surface area contributed by atoms with Crippen LogP contribution in [0.2, 0.25) is 0 Å². The van der Waals surface area contributed by atoms with Gasteiger partial charge in [0.25, 0.3) is 0 Å². The molecule has 13 heavy (non-hydrogen) atoms. The molecule has 64 valence electrons. The topological polar surface area (TPSA) is 36.7 Å². The second-order valence-corrected chi connectivity index (χ2v) is 3.05. The van der Waals surface area contributed by atoms with Gasteiger partial charge in [-0.05, 0) is 18.1 Å². The molecule has 0 amide bonds. The summed E-state index contributed by atoms with van der Waals surface area (Å²) in [5, 5.41) is 9.42. The summed E-state index contributed by atoms with van der Waals surface area (Å²) in [4.78, 5) is 4.01. The van der Waals surface area contributed by atoms with Gasteiger partial charge in [0.1, 0.15) is 17.5 Å². The van der Waals surface area contributed by atoms with E-state index >= 15 is 0 Å². The van der Waals surface area contributed by atoms with Gasteiger partial charge in [-0.2, -0.15) is 5.26 Å². The van der Waals surface area contributed by atoms with Gasteiger partial charge >= 0.3 is 0 Å². The van der Waals surface area contributed by atoms with Crippen molar-refractivity contribution in [2.45, 2.75) is 6.42 Å². The molecule has 0 saturated heterocycles. The molecule has 3 heteroatoms. The summed E-state index contributed by atoms with van der Waals surface area (Å²) in [6.45, 7) is 0. The fourth-order valence-corrected chi connectivity index (χ4v) is 0.965. The van der Waals surface area contributed by atoms with Crippen molar-refractivity contribution in [3.63, 3.8) is 0 Å². The first-order valence-corrected chi connectivity index (χ1v) is 4.91. The Hall–Kier alpha value is -1.32. The van der Waals surface area contributed by atoms with Gasteiger partial charge in [0, 0.05) is 11.8 Å². The predicted octanol–water partition coefficient (Wildman–Crippen LogP) is 2.09. The molecular formula is C10H7BrN2. The lowest BCUT2D eigenvalue weighted by atomic mass is 10.3. The van der Waals surface area contributed by atoms with Crippen LogP contribution in [0.4, 0.5) is 0 Å². The first kappa shape index (κ1) is 9.77. The SMILES string of the molecule is N#Cc1cccc(C#CCCBr)n1. The average Bonchev–Trinajstić information content (AvgIpc) is 2.19. The molecule has 0 atom stereocenters. The van der Waals surface area contributed by atoms with Gasteiger partial charge in [-0.1, -0.05) is 27.9 Å². The molecule has 0 aliphatic heterocycles. The zero-order valence-electron chi connectivity index (χ0n) is 6.92. The van der Waals surface area contributed by atoms with Gasteiger partial charge in [0.15, 0.2) is 0 Å². The van der Waals surface area contributed by atoms with Crippen LogP contribution < -0.4 is 0 Å². The third kappa shape index (κ3) is 3.27. The van der Waals surface area contributed by atoms with E-state index in [0.29, 0.717) is 11.4 Å². The summed E-state index contributed by atoms with van der Waals surface area (Å²) in [6.07, 6.45) is 0.790. The van der Waals surface area contributed by atoms with E-state index in [1.54, 1.807) is 18.2 Å². The first-order chi connectivity index (χ1) is 6.36. The van der Waals surface area contributed by atoms with Crippen molar-refractivity contribution in [1.82, 2.24) is 4.98 Å². The Labute approximate surface area is 85.7 Å². The van der Waals surface area contributed by atoms with Gasteiger partial charge in [0.05, 0.1) is 0 Å². The lowest BCUT2D eigenvalue weighted by Gasteiger charge is -1.88. The van der Waals surface area contributed by atoms with Crippen LogP contribution in [0, 0.1) is 23.2 Å².